The Balaban J connectivity index is 1.24. The SMILES string of the molecule is Cc1c(-c2ccc(OC3CCN(C(=O)[C@H]4CCCO4)CC3C)cc2)ccc2cccnc12. The van der Waals surface area contributed by atoms with Crippen molar-refractivity contribution < 1.29 is 14.3 Å². The van der Waals surface area contributed by atoms with E-state index in [1.54, 1.807) is 0 Å². The van der Waals surface area contributed by atoms with Crippen molar-refractivity contribution in [2.45, 2.75) is 45.3 Å². The maximum atomic E-state index is 12.6. The van der Waals surface area contributed by atoms with Crippen molar-refractivity contribution in [2.24, 2.45) is 5.92 Å². The highest BCUT2D eigenvalue weighted by Crippen LogP contribution is 2.31. The second-order valence-electron chi connectivity index (χ2n) is 9.05. The maximum Gasteiger partial charge on any atom is 0.251 e. The predicted molar refractivity (Wildman–Crippen MR) is 126 cm³/mol. The van der Waals surface area contributed by atoms with E-state index in [-0.39, 0.29) is 24.0 Å². The number of hydrogen-bond donors (Lipinski definition) is 0. The number of benzene rings is 2. The Morgan fingerprint density at radius 3 is 2.72 bits per heavy atom. The molecule has 0 saturated carbocycles. The minimum Gasteiger partial charge on any atom is -0.490 e. The van der Waals surface area contributed by atoms with E-state index in [4.69, 9.17) is 9.47 Å². The van der Waals surface area contributed by atoms with E-state index < -0.39 is 0 Å². The molecule has 2 aliphatic rings. The van der Waals surface area contributed by atoms with E-state index >= 15 is 0 Å². The van der Waals surface area contributed by atoms with Crippen molar-refractivity contribution in [1.29, 1.82) is 0 Å². The van der Waals surface area contributed by atoms with Gasteiger partial charge >= 0.3 is 0 Å². The number of pyridine rings is 1. The molecule has 5 rings (SSSR count). The number of aryl methyl sites for hydroxylation is 1. The first kappa shape index (κ1) is 21.0. The molecule has 5 nitrogen and oxygen atoms in total. The molecule has 2 unspecified atom stereocenters. The molecule has 3 atom stereocenters. The predicted octanol–water partition coefficient (Wildman–Crippen LogP) is 5.01. The molecular formula is C27H30N2O3. The van der Waals surface area contributed by atoms with Gasteiger partial charge in [-0.25, -0.2) is 0 Å². The van der Waals surface area contributed by atoms with Crippen LogP contribution in [0.15, 0.2) is 54.7 Å². The fraction of sp³-hybridized carbons (Fsp3) is 0.407. The fourth-order valence-corrected chi connectivity index (χ4v) is 4.97. The van der Waals surface area contributed by atoms with Gasteiger partial charge in [-0.1, -0.05) is 37.3 Å². The van der Waals surface area contributed by atoms with Crippen LogP contribution in [0, 0.1) is 12.8 Å². The van der Waals surface area contributed by atoms with Gasteiger partial charge in [0.1, 0.15) is 18.0 Å². The lowest BCUT2D eigenvalue weighted by Crippen LogP contribution is -2.49. The van der Waals surface area contributed by atoms with E-state index in [2.05, 4.69) is 49.2 Å². The molecule has 1 aromatic heterocycles. The van der Waals surface area contributed by atoms with Gasteiger partial charge in [-0.3, -0.25) is 9.78 Å². The molecule has 5 heteroatoms. The molecule has 3 aromatic rings. The van der Waals surface area contributed by atoms with Gasteiger partial charge in [0.2, 0.25) is 0 Å². The standard InChI is InChI=1S/C27H30N2O3/c1-18-17-29(27(30)25-6-4-16-31-25)15-13-24(18)32-22-10-7-20(8-11-22)23-12-9-21-5-3-14-28-26(21)19(23)2/h3,5,7-12,14,18,24-25H,4,6,13,15-17H2,1-2H3/t18?,24?,25-/m1/s1. The average molecular weight is 431 g/mol. The van der Waals surface area contributed by atoms with Gasteiger partial charge in [0.25, 0.3) is 5.91 Å². The van der Waals surface area contributed by atoms with Crippen LogP contribution in [0.5, 0.6) is 5.75 Å². The number of likely N-dealkylation sites (tertiary alicyclic amines) is 1. The minimum atomic E-state index is -0.235. The van der Waals surface area contributed by atoms with Gasteiger partial charge in [0, 0.05) is 43.6 Å². The van der Waals surface area contributed by atoms with Crippen LogP contribution in [-0.4, -0.2) is 47.7 Å². The van der Waals surface area contributed by atoms with Gasteiger partial charge in [-0.15, -0.1) is 0 Å². The summed E-state index contributed by atoms with van der Waals surface area (Å²) in [5.74, 6) is 1.31. The van der Waals surface area contributed by atoms with Gasteiger partial charge < -0.3 is 14.4 Å². The third-order valence-electron chi connectivity index (χ3n) is 6.82. The van der Waals surface area contributed by atoms with E-state index in [1.165, 1.54) is 11.1 Å². The molecule has 166 valence electrons. The summed E-state index contributed by atoms with van der Waals surface area (Å²) in [6.07, 6.45) is 4.40. The summed E-state index contributed by atoms with van der Waals surface area (Å²) in [4.78, 5) is 19.2. The lowest BCUT2D eigenvalue weighted by molar-refractivity contribution is -0.144. The van der Waals surface area contributed by atoms with E-state index in [9.17, 15) is 4.79 Å². The second-order valence-corrected chi connectivity index (χ2v) is 9.05. The molecule has 2 fully saturated rings. The zero-order chi connectivity index (χ0) is 22.1. The summed E-state index contributed by atoms with van der Waals surface area (Å²) in [7, 11) is 0. The smallest absolute Gasteiger partial charge is 0.251 e. The molecule has 2 aromatic carbocycles. The second kappa shape index (κ2) is 8.91. The molecule has 3 heterocycles. The lowest BCUT2D eigenvalue weighted by atomic mass is 9.95. The normalized spacial score (nSPS) is 23.4. The highest BCUT2D eigenvalue weighted by molar-refractivity contribution is 5.88. The van der Waals surface area contributed by atoms with Crippen LogP contribution >= 0.6 is 0 Å². The largest absolute Gasteiger partial charge is 0.490 e. The molecule has 0 N–H and O–H groups in total. The Bertz CT molecular complexity index is 1110. The molecule has 0 bridgehead atoms. The fourth-order valence-electron chi connectivity index (χ4n) is 4.97. The summed E-state index contributed by atoms with van der Waals surface area (Å²) in [6.45, 7) is 6.46. The van der Waals surface area contributed by atoms with Crippen molar-refractivity contribution in [3.63, 3.8) is 0 Å². The Morgan fingerprint density at radius 2 is 1.97 bits per heavy atom. The van der Waals surface area contributed by atoms with Gasteiger partial charge in [0.05, 0.1) is 5.52 Å². The highest BCUT2D eigenvalue weighted by Gasteiger charge is 2.34. The Morgan fingerprint density at radius 1 is 1.12 bits per heavy atom. The van der Waals surface area contributed by atoms with Gasteiger partial charge in [0.15, 0.2) is 0 Å². The van der Waals surface area contributed by atoms with Crippen molar-refractivity contribution in [3.8, 4) is 16.9 Å². The van der Waals surface area contributed by atoms with Crippen molar-refractivity contribution in [2.75, 3.05) is 19.7 Å². The third kappa shape index (κ3) is 4.09. The Labute approximate surface area is 189 Å². The van der Waals surface area contributed by atoms with Crippen LogP contribution in [0.1, 0.15) is 31.7 Å². The molecule has 2 saturated heterocycles. The number of piperidine rings is 1. The summed E-state index contributed by atoms with van der Waals surface area (Å²) < 4.78 is 11.9. The molecule has 0 aliphatic carbocycles. The first-order chi connectivity index (χ1) is 15.6. The van der Waals surface area contributed by atoms with Crippen LogP contribution in [-0.2, 0) is 9.53 Å². The number of aromatic nitrogens is 1. The molecule has 32 heavy (non-hydrogen) atoms. The first-order valence-corrected chi connectivity index (χ1v) is 11.6. The topological polar surface area (TPSA) is 51.7 Å². The number of hydrogen-bond acceptors (Lipinski definition) is 4. The minimum absolute atomic E-state index is 0.112. The zero-order valence-corrected chi connectivity index (χ0v) is 18.8. The number of carbonyl (C=O) groups is 1. The van der Waals surface area contributed by atoms with Gasteiger partial charge in [-0.05, 0) is 54.7 Å². The molecule has 2 aliphatic heterocycles. The number of fused-ring (bicyclic) bond motifs is 1. The van der Waals surface area contributed by atoms with Crippen LogP contribution < -0.4 is 4.74 Å². The highest BCUT2D eigenvalue weighted by atomic mass is 16.5. The number of rotatable bonds is 4. The lowest BCUT2D eigenvalue weighted by Gasteiger charge is -2.37. The van der Waals surface area contributed by atoms with Crippen LogP contribution in [0.3, 0.4) is 0 Å². The number of amides is 1. The summed E-state index contributed by atoms with van der Waals surface area (Å²) >= 11 is 0. The Hall–Kier alpha value is -2.92. The van der Waals surface area contributed by atoms with Crippen LogP contribution in [0.4, 0.5) is 0 Å². The molecular weight excluding hydrogens is 400 g/mol. The third-order valence-corrected chi connectivity index (χ3v) is 6.82. The van der Waals surface area contributed by atoms with Gasteiger partial charge in [-0.2, -0.15) is 0 Å². The summed E-state index contributed by atoms with van der Waals surface area (Å²) in [5.41, 5.74) is 4.58. The molecule has 1 amide bonds. The summed E-state index contributed by atoms with van der Waals surface area (Å²) in [5, 5.41) is 1.16. The van der Waals surface area contributed by atoms with Crippen molar-refractivity contribution >= 4 is 16.8 Å². The Kier molecular flexibility index (Phi) is 5.83. The maximum absolute atomic E-state index is 12.6. The zero-order valence-electron chi connectivity index (χ0n) is 18.8. The number of nitrogens with zero attached hydrogens (tertiary/aromatic N) is 2. The van der Waals surface area contributed by atoms with Crippen LogP contribution in [0.2, 0.25) is 0 Å². The number of ether oxygens (including phenoxy) is 2. The quantitative estimate of drug-likeness (QED) is 0.584. The number of carbonyl (C=O) groups excluding carboxylic acids is 1. The van der Waals surface area contributed by atoms with E-state index in [0.717, 1.165) is 54.6 Å². The molecule has 0 radical (unpaired) electrons. The molecule has 0 spiro atoms. The monoisotopic (exact) mass is 430 g/mol. The van der Waals surface area contributed by atoms with E-state index in [1.807, 2.05) is 29.3 Å². The average Bonchev–Trinajstić information content (AvgIpc) is 3.36. The first-order valence-electron chi connectivity index (χ1n) is 11.6. The van der Waals surface area contributed by atoms with Crippen molar-refractivity contribution in [1.82, 2.24) is 9.88 Å². The van der Waals surface area contributed by atoms with Crippen LogP contribution in [0.25, 0.3) is 22.0 Å². The van der Waals surface area contributed by atoms with Crippen molar-refractivity contribution in [3.05, 3.63) is 60.3 Å². The summed E-state index contributed by atoms with van der Waals surface area (Å²) in [6, 6.07) is 16.7. The van der Waals surface area contributed by atoms with E-state index in [0.29, 0.717) is 6.61 Å².